The number of nitriles is 1. The first-order chi connectivity index (χ1) is 6.73. The fraction of sp³-hybridized carbons (Fsp3) is 0.500. The topological polar surface area (TPSA) is 49.6 Å². The monoisotopic (exact) mass is 191 g/mol. The van der Waals surface area contributed by atoms with Gasteiger partial charge in [0.25, 0.3) is 0 Å². The molecule has 0 bridgehead atoms. The third kappa shape index (κ3) is 1.87. The fourth-order valence-electron chi connectivity index (χ4n) is 1.43. The zero-order valence-electron chi connectivity index (χ0n) is 7.65. The highest BCUT2D eigenvalue weighted by Crippen LogP contribution is 2.46. The number of rotatable bonds is 3. The van der Waals surface area contributed by atoms with Crippen LogP contribution in [0, 0.1) is 11.3 Å². The fourth-order valence-corrected chi connectivity index (χ4v) is 1.43. The molecular weight excluding hydrogens is 181 g/mol. The van der Waals surface area contributed by atoms with Crippen LogP contribution < -0.4 is 0 Å². The highest BCUT2D eigenvalue weighted by Gasteiger charge is 2.45. The minimum atomic E-state index is -1.10. The van der Waals surface area contributed by atoms with Crippen molar-refractivity contribution in [1.82, 2.24) is 9.97 Å². The van der Waals surface area contributed by atoms with Crippen molar-refractivity contribution in [1.29, 1.82) is 5.26 Å². The van der Waals surface area contributed by atoms with Crippen molar-refractivity contribution in [2.75, 3.05) is 0 Å². The summed E-state index contributed by atoms with van der Waals surface area (Å²) in [6.07, 6.45) is 5.99. The second kappa shape index (κ2) is 3.33. The molecular formula is C10H10FN3. The summed E-state index contributed by atoms with van der Waals surface area (Å²) in [6.45, 7) is 0. The van der Waals surface area contributed by atoms with E-state index in [0.29, 0.717) is 18.4 Å². The lowest BCUT2D eigenvalue weighted by molar-refractivity contribution is 0.282. The molecule has 1 fully saturated rings. The summed E-state index contributed by atoms with van der Waals surface area (Å²) < 4.78 is 13.4. The Balaban J connectivity index is 2.11. The molecule has 72 valence electrons. The lowest BCUT2D eigenvalue weighted by Crippen LogP contribution is -2.07. The average Bonchev–Trinajstić information content (AvgIpc) is 2.95. The first kappa shape index (κ1) is 9.07. The second-order valence-electron chi connectivity index (χ2n) is 3.71. The first-order valence-electron chi connectivity index (χ1n) is 4.57. The normalized spacial score (nSPS) is 19.7. The Kier molecular flexibility index (Phi) is 2.16. The molecule has 0 spiro atoms. The highest BCUT2D eigenvalue weighted by atomic mass is 19.1. The summed E-state index contributed by atoms with van der Waals surface area (Å²) in [7, 11) is 0. The SMILES string of the molecule is N#C[C@H](CC1(F)CC1)c1cncnc1. The van der Waals surface area contributed by atoms with Gasteiger partial charge in [0.05, 0.1) is 12.0 Å². The molecule has 1 aliphatic carbocycles. The van der Waals surface area contributed by atoms with Gasteiger partial charge in [0.1, 0.15) is 12.0 Å². The highest BCUT2D eigenvalue weighted by molar-refractivity contribution is 5.20. The van der Waals surface area contributed by atoms with Gasteiger partial charge >= 0.3 is 0 Å². The standard InChI is InChI=1S/C10H10FN3/c11-10(1-2-10)3-8(4-12)9-5-13-7-14-6-9/h5-8H,1-3H2/t8-/m0/s1. The predicted molar refractivity (Wildman–Crippen MR) is 48.1 cm³/mol. The lowest BCUT2D eigenvalue weighted by atomic mass is 9.96. The molecule has 0 saturated heterocycles. The van der Waals surface area contributed by atoms with E-state index in [2.05, 4.69) is 16.0 Å². The van der Waals surface area contributed by atoms with Crippen molar-refractivity contribution in [2.24, 2.45) is 0 Å². The zero-order chi connectivity index (χ0) is 10.0. The van der Waals surface area contributed by atoms with Crippen LogP contribution in [0.1, 0.15) is 30.7 Å². The van der Waals surface area contributed by atoms with Gasteiger partial charge in [-0.05, 0) is 12.8 Å². The van der Waals surface area contributed by atoms with Crippen LogP contribution >= 0.6 is 0 Å². The molecule has 1 aliphatic rings. The third-order valence-corrected chi connectivity index (χ3v) is 2.50. The van der Waals surface area contributed by atoms with Crippen LogP contribution in [0.25, 0.3) is 0 Å². The smallest absolute Gasteiger partial charge is 0.115 e. The van der Waals surface area contributed by atoms with E-state index in [0.717, 1.165) is 0 Å². The van der Waals surface area contributed by atoms with E-state index >= 15 is 0 Å². The van der Waals surface area contributed by atoms with Crippen LogP contribution in [0.2, 0.25) is 0 Å². The molecule has 4 heteroatoms. The van der Waals surface area contributed by atoms with Gasteiger partial charge < -0.3 is 0 Å². The van der Waals surface area contributed by atoms with Crippen molar-refractivity contribution in [3.63, 3.8) is 0 Å². The minimum absolute atomic E-state index is 0.275. The minimum Gasteiger partial charge on any atom is -0.244 e. The molecule has 0 aromatic carbocycles. The van der Waals surface area contributed by atoms with E-state index in [-0.39, 0.29) is 6.42 Å². The first-order valence-corrected chi connectivity index (χ1v) is 4.57. The van der Waals surface area contributed by atoms with E-state index in [1.165, 1.54) is 6.33 Å². The number of hydrogen-bond donors (Lipinski definition) is 0. The van der Waals surface area contributed by atoms with Gasteiger partial charge in [0.2, 0.25) is 0 Å². The summed E-state index contributed by atoms with van der Waals surface area (Å²) >= 11 is 0. The van der Waals surface area contributed by atoms with Crippen molar-refractivity contribution >= 4 is 0 Å². The molecule has 1 atom stereocenters. The van der Waals surface area contributed by atoms with Crippen LogP contribution in [0.15, 0.2) is 18.7 Å². The predicted octanol–water partition coefficient (Wildman–Crippen LogP) is 1.98. The van der Waals surface area contributed by atoms with E-state index in [1.54, 1.807) is 12.4 Å². The van der Waals surface area contributed by atoms with Crippen LogP contribution in [0.4, 0.5) is 4.39 Å². The Hall–Kier alpha value is -1.50. The van der Waals surface area contributed by atoms with E-state index in [4.69, 9.17) is 5.26 Å². The molecule has 0 amide bonds. The van der Waals surface area contributed by atoms with E-state index < -0.39 is 11.6 Å². The van der Waals surface area contributed by atoms with Gasteiger partial charge in [-0.3, -0.25) is 0 Å². The van der Waals surface area contributed by atoms with Gasteiger partial charge in [-0.2, -0.15) is 5.26 Å². The summed E-state index contributed by atoms with van der Waals surface area (Å²) in [4.78, 5) is 7.64. The Labute approximate surface area is 81.6 Å². The molecule has 1 heterocycles. The van der Waals surface area contributed by atoms with Gasteiger partial charge in [-0.15, -0.1) is 0 Å². The van der Waals surface area contributed by atoms with Crippen LogP contribution in [0.5, 0.6) is 0 Å². The zero-order valence-corrected chi connectivity index (χ0v) is 7.65. The summed E-state index contributed by atoms with van der Waals surface area (Å²) in [5, 5.41) is 8.90. The summed E-state index contributed by atoms with van der Waals surface area (Å²) in [5.41, 5.74) is -0.394. The Morgan fingerprint density at radius 2 is 2.14 bits per heavy atom. The molecule has 0 aliphatic heterocycles. The Morgan fingerprint density at radius 3 is 2.64 bits per heavy atom. The van der Waals surface area contributed by atoms with Crippen molar-refractivity contribution in [2.45, 2.75) is 30.8 Å². The molecule has 0 unspecified atom stereocenters. The maximum atomic E-state index is 13.4. The number of nitrogens with zero attached hydrogens (tertiary/aromatic N) is 3. The van der Waals surface area contributed by atoms with Crippen LogP contribution in [-0.4, -0.2) is 15.6 Å². The maximum Gasteiger partial charge on any atom is 0.115 e. The van der Waals surface area contributed by atoms with E-state index in [1.807, 2.05) is 0 Å². The largest absolute Gasteiger partial charge is 0.244 e. The Bertz CT molecular complexity index is 353. The van der Waals surface area contributed by atoms with Gasteiger partial charge in [-0.1, -0.05) is 0 Å². The molecule has 14 heavy (non-hydrogen) atoms. The number of aromatic nitrogens is 2. The van der Waals surface area contributed by atoms with Gasteiger partial charge in [0.15, 0.2) is 0 Å². The number of halogens is 1. The van der Waals surface area contributed by atoms with Crippen LogP contribution in [-0.2, 0) is 0 Å². The average molecular weight is 191 g/mol. The van der Waals surface area contributed by atoms with Crippen molar-refractivity contribution in [3.05, 3.63) is 24.3 Å². The van der Waals surface area contributed by atoms with Crippen molar-refractivity contribution < 1.29 is 4.39 Å². The molecule has 2 rings (SSSR count). The molecule has 0 N–H and O–H groups in total. The molecule has 1 aromatic heterocycles. The van der Waals surface area contributed by atoms with Crippen LogP contribution in [0.3, 0.4) is 0 Å². The summed E-state index contributed by atoms with van der Waals surface area (Å²) in [5.74, 6) is -0.413. The van der Waals surface area contributed by atoms with Gasteiger partial charge in [0, 0.05) is 24.4 Å². The third-order valence-electron chi connectivity index (χ3n) is 2.50. The molecule has 0 radical (unpaired) electrons. The van der Waals surface area contributed by atoms with Gasteiger partial charge in [-0.25, -0.2) is 14.4 Å². The lowest BCUT2D eigenvalue weighted by Gasteiger charge is -2.10. The number of hydrogen-bond acceptors (Lipinski definition) is 3. The Morgan fingerprint density at radius 1 is 1.50 bits per heavy atom. The van der Waals surface area contributed by atoms with Crippen molar-refractivity contribution in [3.8, 4) is 6.07 Å². The maximum absolute atomic E-state index is 13.4. The second-order valence-corrected chi connectivity index (χ2v) is 3.71. The summed E-state index contributed by atoms with van der Waals surface area (Å²) in [6, 6.07) is 2.09. The number of alkyl halides is 1. The molecule has 1 saturated carbocycles. The molecule has 1 aromatic rings. The molecule has 3 nitrogen and oxygen atoms in total. The quantitative estimate of drug-likeness (QED) is 0.733. The van der Waals surface area contributed by atoms with E-state index in [9.17, 15) is 4.39 Å².